The monoisotopic (exact) mass is 210 g/mol. The zero-order valence-electron chi connectivity index (χ0n) is 5.96. The Morgan fingerprint density at radius 1 is 1.20 bits per heavy atom. The molecule has 0 aromatic heterocycles. The molecular formula is C5H13Cl3O2. The van der Waals surface area contributed by atoms with Crippen molar-refractivity contribution >= 4 is 43.2 Å². The molecule has 0 fully saturated rings. The number of hydrogen-bond donors (Lipinski definition) is 0. The minimum atomic E-state index is -0.123. The SMILES string of the molecule is CCOC(=O)CC.Cl.Cl.Cl. The van der Waals surface area contributed by atoms with Gasteiger partial charge in [-0.25, -0.2) is 0 Å². The summed E-state index contributed by atoms with van der Waals surface area (Å²) < 4.78 is 4.55. The van der Waals surface area contributed by atoms with Gasteiger partial charge in [0.2, 0.25) is 0 Å². The van der Waals surface area contributed by atoms with Gasteiger partial charge in [0.25, 0.3) is 0 Å². The molecule has 0 radical (unpaired) electrons. The summed E-state index contributed by atoms with van der Waals surface area (Å²) in [4.78, 5) is 10.2. The van der Waals surface area contributed by atoms with Crippen LogP contribution in [0.15, 0.2) is 0 Å². The van der Waals surface area contributed by atoms with Gasteiger partial charge in [-0.05, 0) is 6.92 Å². The van der Waals surface area contributed by atoms with E-state index in [4.69, 9.17) is 0 Å². The van der Waals surface area contributed by atoms with Crippen molar-refractivity contribution in [3.63, 3.8) is 0 Å². The first-order valence-corrected chi connectivity index (χ1v) is 2.46. The fraction of sp³-hybridized carbons (Fsp3) is 0.800. The summed E-state index contributed by atoms with van der Waals surface area (Å²) in [5.74, 6) is -0.123. The molecule has 0 aliphatic heterocycles. The van der Waals surface area contributed by atoms with Gasteiger partial charge in [0.15, 0.2) is 0 Å². The molecule has 0 saturated heterocycles. The fourth-order valence-corrected chi connectivity index (χ4v) is 0.263. The smallest absolute Gasteiger partial charge is 0.305 e. The van der Waals surface area contributed by atoms with E-state index in [1.165, 1.54) is 0 Å². The summed E-state index contributed by atoms with van der Waals surface area (Å²) >= 11 is 0. The predicted octanol–water partition coefficient (Wildman–Crippen LogP) is 2.22. The molecule has 0 saturated carbocycles. The van der Waals surface area contributed by atoms with Gasteiger partial charge in [-0.3, -0.25) is 4.79 Å². The van der Waals surface area contributed by atoms with Crippen LogP contribution in [0.25, 0.3) is 0 Å². The Balaban J connectivity index is -0.0000000600. The lowest BCUT2D eigenvalue weighted by Crippen LogP contribution is -2.00. The van der Waals surface area contributed by atoms with Crippen molar-refractivity contribution in [2.75, 3.05) is 6.61 Å². The first-order valence-electron chi connectivity index (χ1n) is 2.46. The van der Waals surface area contributed by atoms with Crippen molar-refractivity contribution in [3.05, 3.63) is 0 Å². The second kappa shape index (κ2) is 16.2. The minimum absolute atomic E-state index is 0. The number of ether oxygens (including phenoxy) is 1. The average Bonchev–Trinajstić information content (AvgIpc) is 1.68. The van der Waals surface area contributed by atoms with Crippen molar-refractivity contribution in [2.45, 2.75) is 20.3 Å². The summed E-state index contributed by atoms with van der Waals surface area (Å²) in [6.45, 7) is 4.07. The van der Waals surface area contributed by atoms with Gasteiger partial charge in [-0.1, -0.05) is 6.92 Å². The van der Waals surface area contributed by atoms with E-state index in [2.05, 4.69) is 4.74 Å². The lowest BCUT2D eigenvalue weighted by atomic mass is 10.5. The third-order valence-electron chi connectivity index (χ3n) is 0.594. The number of rotatable bonds is 2. The van der Waals surface area contributed by atoms with E-state index in [1.54, 1.807) is 13.8 Å². The molecule has 0 aliphatic carbocycles. The normalized spacial score (nSPS) is 5.80. The van der Waals surface area contributed by atoms with Crippen molar-refractivity contribution < 1.29 is 9.53 Å². The van der Waals surface area contributed by atoms with Crippen LogP contribution in [0.2, 0.25) is 0 Å². The molecule has 66 valence electrons. The Bertz CT molecular complexity index is 67.9. The Kier molecular flexibility index (Phi) is 36.3. The van der Waals surface area contributed by atoms with Crippen molar-refractivity contribution in [1.82, 2.24) is 0 Å². The highest BCUT2D eigenvalue weighted by atomic mass is 35.5. The molecule has 2 nitrogen and oxygen atoms in total. The highest BCUT2D eigenvalue weighted by Gasteiger charge is 1.91. The Labute approximate surface area is 79.9 Å². The molecule has 0 bridgehead atoms. The molecule has 0 heterocycles. The second-order valence-electron chi connectivity index (χ2n) is 1.16. The lowest BCUT2D eigenvalue weighted by Gasteiger charge is -1.93. The third kappa shape index (κ3) is 15.8. The first kappa shape index (κ1) is 22.4. The van der Waals surface area contributed by atoms with Crippen LogP contribution >= 0.6 is 37.2 Å². The number of carbonyl (C=O) groups excluding carboxylic acids is 1. The summed E-state index contributed by atoms with van der Waals surface area (Å²) in [6, 6.07) is 0. The van der Waals surface area contributed by atoms with Crippen LogP contribution in [0.3, 0.4) is 0 Å². The van der Waals surface area contributed by atoms with Crippen LogP contribution in [0, 0.1) is 0 Å². The standard InChI is InChI=1S/C5H10O2.3ClH/c1-3-5(6)7-4-2;;;/h3-4H2,1-2H3;3*1H. The number of esters is 1. The zero-order valence-corrected chi connectivity index (χ0v) is 8.40. The molecule has 0 atom stereocenters. The van der Waals surface area contributed by atoms with Crippen LogP contribution in [0.4, 0.5) is 0 Å². The quantitative estimate of drug-likeness (QED) is 0.655. The summed E-state index contributed by atoms with van der Waals surface area (Å²) in [5.41, 5.74) is 0. The van der Waals surface area contributed by atoms with Gasteiger partial charge in [0, 0.05) is 6.42 Å². The molecule has 10 heavy (non-hydrogen) atoms. The molecule has 0 aliphatic rings. The van der Waals surface area contributed by atoms with Gasteiger partial charge in [-0.2, -0.15) is 0 Å². The molecule has 0 spiro atoms. The lowest BCUT2D eigenvalue weighted by molar-refractivity contribution is -0.142. The number of carbonyl (C=O) groups is 1. The highest BCUT2D eigenvalue weighted by molar-refractivity contribution is 5.86. The maximum absolute atomic E-state index is 10.2. The zero-order chi connectivity index (χ0) is 5.70. The first-order chi connectivity index (χ1) is 3.31. The van der Waals surface area contributed by atoms with Crippen LogP contribution in [-0.4, -0.2) is 12.6 Å². The molecular weight excluding hydrogens is 198 g/mol. The predicted molar refractivity (Wildman–Crippen MR) is 48.7 cm³/mol. The number of hydrogen-bond acceptors (Lipinski definition) is 2. The van der Waals surface area contributed by atoms with E-state index in [-0.39, 0.29) is 43.2 Å². The topological polar surface area (TPSA) is 26.3 Å². The Hall–Kier alpha value is 0.340. The molecule has 0 N–H and O–H groups in total. The Morgan fingerprint density at radius 2 is 1.60 bits per heavy atom. The summed E-state index contributed by atoms with van der Waals surface area (Å²) in [6.07, 6.45) is 0.480. The summed E-state index contributed by atoms with van der Waals surface area (Å²) in [7, 11) is 0. The van der Waals surface area contributed by atoms with E-state index in [0.29, 0.717) is 13.0 Å². The third-order valence-corrected chi connectivity index (χ3v) is 0.594. The second-order valence-corrected chi connectivity index (χ2v) is 1.16. The van der Waals surface area contributed by atoms with E-state index in [1.807, 2.05) is 0 Å². The molecule has 5 heteroatoms. The molecule has 0 amide bonds. The van der Waals surface area contributed by atoms with E-state index in [9.17, 15) is 4.79 Å². The van der Waals surface area contributed by atoms with Crippen molar-refractivity contribution in [2.24, 2.45) is 0 Å². The number of halogens is 3. The van der Waals surface area contributed by atoms with E-state index < -0.39 is 0 Å². The highest BCUT2D eigenvalue weighted by Crippen LogP contribution is 1.80. The Morgan fingerprint density at radius 3 is 1.70 bits per heavy atom. The molecule has 0 aromatic carbocycles. The maximum atomic E-state index is 10.2. The largest absolute Gasteiger partial charge is 0.466 e. The van der Waals surface area contributed by atoms with Crippen molar-refractivity contribution in [1.29, 1.82) is 0 Å². The molecule has 0 unspecified atom stereocenters. The average molecular weight is 212 g/mol. The van der Waals surface area contributed by atoms with Gasteiger partial charge < -0.3 is 4.74 Å². The van der Waals surface area contributed by atoms with Crippen LogP contribution < -0.4 is 0 Å². The molecule has 0 aromatic rings. The van der Waals surface area contributed by atoms with E-state index >= 15 is 0 Å². The summed E-state index contributed by atoms with van der Waals surface area (Å²) in [5, 5.41) is 0. The van der Waals surface area contributed by atoms with Gasteiger partial charge >= 0.3 is 5.97 Å². The minimum Gasteiger partial charge on any atom is -0.466 e. The van der Waals surface area contributed by atoms with Crippen LogP contribution in [0.1, 0.15) is 20.3 Å². The van der Waals surface area contributed by atoms with Crippen molar-refractivity contribution in [3.8, 4) is 0 Å². The molecule has 0 rings (SSSR count). The van der Waals surface area contributed by atoms with Gasteiger partial charge in [0.05, 0.1) is 6.61 Å². The fourth-order valence-electron chi connectivity index (χ4n) is 0.263. The van der Waals surface area contributed by atoms with Crippen LogP contribution in [0.5, 0.6) is 0 Å². The van der Waals surface area contributed by atoms with Gasteiger partial charge in [0.1, 0.15) is 0 Å². The van der Waals surface area contributed by atoms with E-state index in [0.717, 1.165) is 0 Å². The maximum Gasteiger partial charge on any atom is 0.305 e. The van der Waals surface area contributed by atoms with Gasteiger partial charge in [-0.15, -0.1) is 37.2 Å². The van der Waals surface area contributed by atoms with Crippen LogP contribution in [-0.2, 0) is 9.53 Å².